The standard InChI is InChI=1S/C8H16N2O2/c9-5-6-1-2-8(10,3-6)4-7(11)12/h6H,1-5,9-10H2,(H,11,12). The normalized spacial score (nSPS) is 35.3. The van der Waals surface area contributed by atoms with Crippen LogP contribution in [0.5, 0.6) is 0 Å². The summed E-state index contributed by atoms with van der Waals surface area (Å²) < 4.78 is 0. The SMILES string of the molecule is NCC1CCC(N)(CC(=O)O)C1. The van der Waals surface area contributed by atoms with Crippen molar-refractivity contribution in [3.63, 3.8) is 0 Å². The molecule has 1 aliphatic carbocycles. The number of carbonyl (C=O) groups is 1. The van der Waals surface area contributed by atoms with Crippen molar-refractivity contribution in [2.45, 2.75) is 31.2 Å². The Labute approximate surface area is 71.9 Å². The highest BCUT2D eigenvalue weighted by atomic mass is 16.4. The minimum atomic E-state index is -0.810. The Morgan fingerprint density at radius 3 is 2.75 bits per heavy atom. The van der Waals surface area contributed by atoms with Crippen LogP contribution in [0.25, 0.3) is 0 Å². The number of carboxylic acids is 1. The highest BCUT2D eigenvalue weighted by Gasteiger charge is 2.36. The van der Waals surface area contributed by atoms with E-state index in [4.69, 9.17) is 16.6 Å². The van der Waals surface area contributed by atoms with Crippen LogP contribution < -0.4 is 11.5 Å². The molecule has 4 nitrogen and oxygen atoms in total. The van der Waals surface area contributed by atoms with Crippen molar-refractivity contribution < 1.29 is 9.90 Å². The van der Waals surface area contributed by atoms with Crippen molar-refractivity contribution in [1.82, 2.24) is 0 Å². The fourth-order valence-electron chi connectivity index (χ4n) is 1.93. The van der Waals surface area contributed by atoms with Crippen molar-refractivity contribution in [2.24, 2.45) is 17.4 Å². The van der Waals surface area contributed by atoms with Gasteiger partial charge in [0.15, 0.2) is 0 Å². The second kappa shape index (κ2) is 3.41. The summed E-state index contributed by atoms with van der Waals surface area (Å²) in [6.07, 6.45) is 2.60. The molecule has 4 heteroatoms. The zero-order chi connectivity index (χ0) is 9.19. The molecule has 0 bridgehead atoms. The molecule has 0 aliphatic heterocycles. The molecule has 70 valence electrons. The molecule has 12 heavy (non-hydrogen) atoms. The monoisotopic (exact) mass is 172 g/mol. The van der Waals surface area contributed by atoms with Gasteiger partial charge in [-0.1, -0.05) is 0 Å². The smallest absolute Gasteiger partial charge is 0.305 e. The Morgan fingerprint density at radius 2 is 2.33 bits per heavy atom. The lowest BCUT2D eigenvalue weighted by atomic mass is 9.93. The zero-order valence-corrected chi connectivity index (χ0v) is 7.12. The van der Waals surface area contributed by atoms with Crippen LogP contribution in [0.15, 0.2) is 0 Å². The van der Waals surface area contributed by atoms with Gasteiger partial charge in [0.05, 0.1) is 6.42 Å². The number of hydrogen-bond acceptors (Lipinski definition) is 3. The van der Waals surface area contributed by atoms with Gasteiger partial charge in [-0.05, 0) is 31.7 Å². The molecular formula is C8H16N2O2. The van der Waals surface area contributed by atoms with Gasteiger partial charge in [0, 0.05) is 5.54 Å². The average Bonchev–Trinajstić information content (AvgIpc) is 2.30. The van der Waals surface area contributed by atoms with Crippen molar-refractivity contribution in [1.29, 1.82) is 0 Å². The van der Waals surface area contributed by atoms with E-state index in [0.29, 0.717) is 12.5 Å². The lowest BCUT2D eigenvalue weighted by molar-refractivity contribution is -0.138. The Hall–Kier alpha value is -0.610. The molecule has 0 radical (unpaired) electrons. The Bertz CT molecular complexity index is 184. The molecule has 5 N–H and O–H groups in total. The fourth-order valence-corrected chi connectivity index (χ4v) is 1.93. The van der Waals surface area contributed by atoms with Gasteiger partial charge in [-0.2, -0.15) is 0 Å². The highest BCUT2D eigenvalue weighted by molar-refractivity contribution is 5.68. The van der Waals surface area contributed by atoms with E-state index in [1.54, 1.807) is 0 Å². The highest BCUT2D eigenvalue weighted by Crippen LogP contribution is 2.34. The summed E-state index contributed by atoms with van der Waals surface area (Å²) in [5.74, 6) is -0.385. The summed E-state index contributed by atoms with van der Waals surface area (Å²) in [6, 6.07) is 0. The maximum atomic E-state index is 10.4. The maximum Gasteiger partial charge on any atom is 0.305 e. The molecule has 2 unspecified atom stereocenters. The van der Waals surface area contributed by atoms with Gasteiger partial charge in [0.2, 0.25) is 0 Å². The molecule has 0 saturated heterocycles. The summed E-state index contributed by atoms with van der Waals surface area (Å²) in [6.45, 7) is 0.624. The van der Waals surface area contributed by atoms with Crippen LogP contribution in [0.4, 0.5) is 0 Å². The number of nitrogens with two attached hydrogens (primary N) is 2. The lowest BCUT2D eigenvalue weighted by Crippen LogP contribution is -2.39. The van der Waals surface area contributed by atoms with E-state index >= 15 is 0 Å². The Morgan fingerprint density at radius 1 is 1.67 bits per heavy atom. The van der Waals surface area contributed by atoms with Crippen LogP contribution in [-0.2, 0) is 4.79 Å². The van der Waals surface area contributed by atoms with Crippen LogP contribution in [0.3, 0.4) is 0 Å². The fraction of sp³-hybridized carbons (Fsp3) is 0.875. The van der Waals surface area contributed by atoms with Crippen molar-refractivity contribution in [2.75, 3.05) is 6.54 Å². The van der Waals surface area contributed by atoms with Crippen LogP contribution in [0.2, 0.25) is 0 Å². The van der Waals surface area contributed by atoms with E-state index in [0.717, 1.165) is 19.3 Å². The average molecular weight is 172 g/mol. The van der Waals surface area contributed by atoms with Gasteiger partial charge in [0.1, 0.15) is 0 Å². The molecule has 1 rings (SSSR count). The van der Waals surface area contributed by atoms with Crippen LogP contribution in [0, 0.1) is 5.92 Å². The topological polar surface area (TPSA) is 89.3 Å². The first-order valence-electron chi connectivity index (χ1n) is 4.26. The second-order valence-electron chi connectivity index (χ2n) is 3.78. The van der Waals surface area contributed by atoms with Gasteiger partial charge in [-0.25, -0.2) is 0 Å². The molecule has 0 aromatic heterocycles. The third kappa shape index (κ3) is 2.19. The van der Waals surface area contributed by atoms with Gasteiger partial charge in [-0.3, -0.25) is 4.79 Å². The van der Waals surface area contributed by atoms with Crippen LogP contribution in [0.1, 0.15) is 25.7 Å². The van der Waals surface area contributed by atoms with E-state index in [1.165, 1.54) is 0 Å². The summed E-state index contributed by atoms with van der Waals surface area (Å²) >= 11 is 0. The minimum Gasteiger partial charge on any atom is -0.481 e. The van der Waals surface area contributed by atoms with E-state index < -0.39 is 11.5 Å². The number of carboxylic acid groups (broad SMARTS) is 1. The predicted octanol–water partition coefficient (Wildman–Crippen LogP) is -0.0826. The first-order valence-corrected chi connectivity index (χ1v) is 4.26. The molecule has 0 amide bonds. The molecule has 0 heterocycles. The molecule has 0 aromatic carbocycles. The number of hydrogen-bond donors (Lipinski definition) is 3. The number of rotatable bonds is 3. The molecule has 1 aliphatic rings. The van der Waals surface area contributed by atoms with E-state index in [9.17, 15) is 4.79 Å². The molecule has 0 aromatic rings. The summed E-state index contributed by atoms with van der Waals surface area (Å²) in [5, 5.41) is 8.59. The maximum absolute atomic E-state index is 10.4. The quantitative estimate of drug-likeness (QED) is 0.555. The van der Waals surface area contributed by atoms with Gasteiger partial charge >= 0.3 is 5.97 Å². The minimum absolute atomic E-state index is 0.0729. The lowest BCUT2D eigenvalue weighted by Gasteiger charge is -2.21. The zero-order valence-electron chi connectivity index (χ0n) is 7.12. The number of aliphatic carboxylic acids is 1. The summed E-state index contributed by atoms with van der Waals surface area (Å²) in [5.41, 5.74) is 10.9. The Kier molecular flexibility index (Phi) is 2.69. The molecule has 1 saturated carbocycles. The van der Waals surface area contributed by atoms with Gasteiger partial charge < -0.3 is 16.6 Å². The third-order valence-electron chi connectivity index (χ3n) is 2.58. The second-order valence-corrected chi connectivity index (χ2v) is 3.78. The first kappa shape index (κ1) is 9.48. The molecule has 2 atom stereocenters. The predicted molar refractivity (Wildman–Crippen MR) is 45.6 cm³/mol. The van der Waals surface area contributed by atoms with Crippen molar-refractivity contribution in [3.05, 3.63) is 0 Å². The van der Waals surface area contributed by atoms with E-state index in [2.05, 4.69) is 0 Å². The van der Waals surface area contributed by atoms with E-state index in [1.807, 2.05) is 0 Å². The van der Waals surface area contributed by atoms with Crippen molar-refractivity contribution >= 4 is 5.97 Å². The summed E-state index contributed by atoms with van der Waals surface area (Å²) in [4.78, 5) is 10.4. The largest absolute Gasteiger partial charge is 0.481 e. The molecular weight excluding hydrogens is 156 g/mol. The van der Waals surface area contributed by atoms with Crippen LogP contribution >= 0.6 is 0 Å². The molecule has 1 fully saturated rings. The van der Waals surface area contributed by atoms with Crippen molar-refractivity contribution in [3.8, 4) is 0 Å². The van der Waals surface area contributed by atoms with Gasteiger partial charge in [0.25, 0.3) is 0 Å². The molecule has 0 spiro atoms. The Balaban J connectivity index is 2.46. The van der Waals surface area contributed by atoms with E-state index in [-0.39, 0.29) is 6.42 Å². The summed E-state index contributed by atoms with van der Waals surface area (Å²) in [7, 11) is 0. The third-order valence-corrected chi connectivity index (χ3v) is 2.58. The van der Waals surface area contributed by atoms with Gasteiger partial charge in [-0.15, -0.1) is 0 Å². The van der Waals surface area contributed by atoms with Crippen LogP contribution in [-0.4, -0.2) is 23.2 Å². The first-order chi connectivity index (χ1) is 5.56.